The van der Waals surface area contributed by atoms with Gasteiger partial charge >= 0.3 is 0 Å². The number of nitrogens with one attached hydrogen (secondary N) is 1. The van der Waals surface area contributed by atoms with E-state index in [-0.39, 0.29) is 23.3 Å². The second-order valence-electron chi connectivity index (χ2n) is 7.98. The average Bonchev–Trinajstić information content (AvgIpc) is 3.22. The first-order valence-corrected chi connectivity index (χ1v) is 10.5. The van der Waals surface area contributed by atoms with Crippen LogP contribution in [0.2, 0.25) is 0 Å². The summed E-state index contributed by atoms with van der Waals surface area (Å²) < 4.78 is 35.5. The van der Waals surface area contributed by atoms with Crippen LogP contribution >= 0.6 is 0 Å². The number of aromatic nitrogens is 3. The van der Waals surface area contributed by atoms with E-state index in [9.17, 15) is 13.6 Å². The Labute approximate surface area is 188 Å². The van der Waals surface area contributed by atoms with E-state index in [1.54, 1.807) is 19.0 Å². The molecule has 0 aliphatic carbocycles. The number of fused-ring (bicyclic) bond motifs is 2. The molecule has 0 bridgehead atoms. The van der Waals surface area contributed by atoms with E-state index in [4.69, 9.17) is 4.74 Å². The Hall–Kier alpha value is -4.01. The number of anilines is 1. The highest BCUT2D eigenvalue weighted by Crippen LogP contribution is 2.34. The maximum atomic E-state index is 14.4. The van der Waals surface area contributed by atoms with Crippen LogP contribution in [0.1, 0.15) is 28.4 Å². The highest BCUT2D eigenvalue weighted by Gasteiger charge is 2.26. The van der Waals surface area contributed by atoms with Gasteiger partial charge in [0.15, 0.2) is 17.3 Å². The van der Waals surface area contributed by atoms with Crippen molar-refractivity contribution in [2.45, 2.75) is 12.5 Å². The molecular weight excluding hydrogens is 428 g/mol. The average molecular weight is 449 g/mol. The van der Waals surface area contributed by atoms with Crippen molar-refractivity contribution < 1.29 is 18.3 Å². The standard InChI is InChI=1S/C24H21F2N5O2/c1-30(2)21-15-13-28-31(22-17(25)7-5-8-18(22)26)23(15)27-12-16(21)24(32)29-19-10-11-33-20-9-4-3-6-14(19)20/h3-9,12-13,19H,10-11H2,1-2H3,(H,29,32)/t19-/m0/s1. The minimum atomic E-state index is -0.756. The van der Waals surface area contributed by atoms with E-state index in [1.807, 2.05) is 24.3 Å². The van der Waals surface area contributed by atoms with Gasteiger partial charge in [-0.25, -0.2) is 18.4 Å². The number of carbonyl (C=O) groups is 1. The highest BCUT2D eigenvalue weighted by atomic mass is 19.1. The van der Waals surface area contributed by atoms with Crippen LogP contribution in [0.4, 0.5) is 14.5 Å². The van der Waals surface area contributed by atoms with Crippen molar-refractivity contribution in [3.63, 3.8) is 0 Å². The Morgan fingerprint density at radius 2 is 1.88 bits per heavy atom. The lowest BCUT2D eigenvalue weighted by molar-refractivity contribution is 0.0925. The molecule has 0 unspecified atom stereocenters. The molecule has 0 saturated carbocycles. The molecule has 0 fully saturated rings. The number of ether oxygens (including phenoxy) is 1. The largest absolute Gasteiger partial charge is 0.493 e. The fourth-order valence-corrected chi connectivity index (χ4v) is 4.20. The van der Waals surface area contributed by atoms with Crippen LogP contribution in [0.25, 0.3) is 16.7 Å². The zero-order valence-corrected chi connectivity index (χ0v) is 18.0. The van der Waals surface area contributed by atoms with Crippen LogP contribution in [0.3, 0.4) is 0 Å². The predicted octanol–water partition coefficient (Wildman–Crippen LogP) is 4.02. The first kappa shape index (κ1) is 20.9. The molecule has 33 heavy (non-hydrogen) atoms. The summed E-state index contributed by atoms with van der Waals surface area (Å²) in [6.45, 7) is 0.501. The van der Waals surface area contributed by atoms with Gasteiger partial charge in [-0.2, -0.15) is 5.10 Å². The topological polar surface area (TPSA) is 72.3 Å². The molecule has 1 aliphatic heterocycles. The second kappa shape index (κ2) is 8.16. The van der Waals surface area contributed by atoms with Crippen molar-refractivity contribution >= 4 is 22.6 Å². The lowest BCUT2D eigenvalue weighted by Crippen LogP contribution is -2.33. The normalized spacial score (nSPS) is 15.1. The number of nitrogens with zero attached hydrogens (tertiary/aromatic N) is 4. The highest BCUT2D eigenvalue weighted by molar-refractivity contribution is 6.07. The van der Waals surface area contributed by atoms with E-state index in [0.29, 0.717) is 29.7 Å². The van der Waals surface area contributed by atoms with E-state index in [2.05, 4.69) is 15.4 Å². The number of para-hydroxylation sites is 2. The molecule has 168 valence electrons. The van der Waals surface area contributed by atoms with Gasteiger partial charge in [0.1, 0.15) is 11.4 Å². The van der Waals surface area contributed by atoms with Crippen molar-refractivity contribution in [2.24, 2.45) is 0 Å². The number of rotatable bonds is 4. The maximum absolute atomic E-state index is 14.4. The molecule has 3 heterocycles. The van der Waals surface area contributed by atoms with E-state index < -0.39 is 11.6 Å². The second-order valence-corrected chi connectivity index (χ2v) is 7.98. The summed E-state index contributed by atoms with van der Waals surface area (Å²) in [5.74, 6) is -1.07. The van der Waals surface area contributed by atoms with E-state index in [0.717, 1.165) is 28.1 Å². The smallest absolute Gasteiger partial charge is 0.255 e. The summed E-state index contributed by atoms with van der Waals surface area (Å²) in [4.78, 5) is 19.4. The van der Waals surface area contributed by atoms with Crippen molar-refractivity contribution in [3.8, 4) is 11.4 Å². The Morgan fingerprint density at radius 1 is 1.12 bits per heavy atom. The molecule has 0 saturated heterocycles. The van der Waals surface area contributed by atoms with Crippen molar-refractivity contribution in [2.75, 3.05) is 25.6 Å². The zero-order chi connectivity index (χ0) is 23.1. The quantitative estimate of drug-likeness (QED) is 0.510. The maximum Gasteiger partial charge on any atom is 0.255 e. The minimum Gasteiger partial charge on any atom is -0.493 e. The van der Waals surface area contributed by atoms with Gasteiger partial charge in [0.25, 0.3) is 5.91 Å². The van der Waals surface area contributed by atoms with E-state index in [1.165, 1.54) is 18.5 Å². The Morgan fingerprint density at radius 3 is 2.64 bits per heavy atom. The lowest BCUT2D eigenvalue weighted by Gasteiger charge is -2.27. The molecule has 4 aromatic rings. The Balaban J connectivity index is 1.56. The summed E-state index contributed by atoms with van der Waals surface area (Å²) in [5, 5.41) is 7.75. The van der Waals surface area contributed by atoms with Gasteiger partial charge in [-0.1, -0.05) is 24.3 Å². The third kappa shape index (κ3) is 3.55. The van der Waals surface area contributed by atoms with Crippen molar-refractivity contribution in [1.29, 1.82) is 0 Å². The van der Waals surface area contributed by atoms with Gasteiger partial charge in [0.2, 0.25) is 0 Å². The number of hydrogen-bond acceptors (Lipinski definition) is 5. The molecular formula is C24H21F2N5O2. The number of pyridine rings is 1. The fraction of sp³-hybridized carbons (Fsp3) is 0.208. The third-order valence-electron chi connectivity index (χ3n) is 5.68. The third-order valence-corrected chi connectivity index (χ3v) is 5.68. The molecule has 1 aliphatic rings. The minimum absolute atomic E-state index is 0.205. The van der Waals surface area contributed by atoms with Crippen LogP contribution in [-0.2, 0) is 0 Å². The molecule has 0 spiro atoms. The van der Waals surface area contributed by atoms with Gasteiger partial charge in [0.05, 0.1) is 35.5 Å². The summed E-state index contributed by atoms with van der Waals surface area (Å²) in [6, 6.07) is 11.0. The van der Waals surface area contributed by atoms with Crippen LogP contribution in [0.5, 0.6) is 5.75 Å². The first-order valence-electron chi connectivity index (χ1n) is 10.5. The molecule has 5 rings (SSSR count). The number of halogens is 2. The number of carbonyl (C=O) groups excluding carboxylic acids is 1. The SMILES string of the molecule is CN(C)c1c(C(=O)N[C@H]2CCOc3ccccc32)cnc2c1cnn2-c1c(F)cccc1F. The van der Waals surface area contributed by atoms with Crippen LogP contribution in [0, 0.1) is 11.6 Å². The molecule has 1 atom stereocenters. The monoisotopic (exact) mass is 449 g/mol. The number of hydrogen-bond donors (Lipinski definition) is 1. The molecule has 1 N–H and O–H groups in total. The molecule has 2 aromatic heterocycles. The predicted molar refractivity (Wildman–Crippen MR) is 120 cm³/mol. The zero-order valence-electron chi connectivity index (χ0n) is 18.0. The van der Waals surface area contributed by atoms with Gasteiger partial charge in [0, 0.05) is 32.3 Å². The van der Waals surface area contributed by atoms with Crippen LogP contribution < -0.4 is 15.0 Å². The van der Waals surface area contributed by atoms with Gasteiger partial charge in [-0.05, 0) is 18.2 Å². The summed E-state index contributed by atoms with van der Waals surface area (Å²) in [6.07, 6.45) is 3.51. The van der Waals surface area contributed by atoms with Gasteiger partial charge in [-0.15, -0.1) is 0 Å². The van der Waals surface area contributed by atoms with Crippen molar-refractivity contribution in [3.05, 3.63) is 77.6 Å². The summed E-state index contributed by atoms with van der Waals surface area (Å²) >= 11 is 0. The molecule has 0 radical (unpaired) electrons. The Bertz CT molecular complexity index is 1350. The number of amides is 1. The van der Waals surface area contributed by atoms with Crippen LogP contribution in [0.15, 0.2) is 54.9 Å². The van der Waals surface area contributed by atoms with Crippen LogP contribution in [-0.4, -0.2) is 41.4 Å². The summed E-state index contributed by atoms with van der Waals surface area (Å²) in [7, 11) is 3.58. The summed E-state index contributed by atoms with van der Waals surface area (Å²) in [5.41, 5.74) is 1.74. The molecule has 1 amide bonds. The number of benzene rings is 2. The Kier molecular flexibility index (Phi) is 5.16. The first-order chi connectivity index (χ1) is 16.0. The molecule has 9 heteroatoms. The van der Waals surface area contributed by atoms with Gasteiger partial charge in [-0.3, -0.25) is 4.79 Å². The molecule has 2 aromatic carbocycles. The lowest BCUT2D eigenvalue weighted by atomic mass is 10.00. The van der Waals surface area contributed by atoms with Crippen molar-refractivity contribution in [1.82, 2.24) is 20.1 Å². The fourth-order valence-electron chi connectivity index (χ4n) is 4.20. The van der Waals surface area contributed by atoms with Gasteiger partial charge < -0.3 is 15.0 Å². The molecule has 7 nitrogen and oxygen atoms in total. The van der Waals surface area contributed by atoms with E-state index >= 15 is 0 Å².